The Balaban J connectivity index is 1.73. The lowest BCUT2D eigenvalue weighted by atomic mass is 10.1. The first-order valence-corrected chi connectivity index (χ1v) is 10.6. The second-order valence-electron chi connectivity index (χ2n) is 7.38. The van der Waals surface area contributed by atoms with Gasteiger partial charge in [0.05, 0.1) is 11.3 Å². The van der Waals surface area contributed by atoms with E-state index >= 15 is 0 Å². The van der Waals surface area contributed by atoms with E-state index in [1.165, 1.54) is 0 Å². The van der Waals surface area contributed by atoms with Gasteiger partial charge < -0.3 is 15.5 Å². The maximum Gasteiger partial charge on any atom is 0.257 e. The van der Waals surface area contributed by atoms with Crippen LogP contribution < -0.4 is 10.6 Å². The first-order valence-electron chi connectivity index (χ1n) is 10.6. The Kier molecular flexibility index (Phi) is 7.39. The highest BCUT2D eigenvalue weighted by Crippen LogP contribution is 2.19. The van der Waals surface area contributed by atoms with Gasteiger partial charge in [-0.2, -0.15) is 0 Å². The predicted molar refractivity (Wildman–Crippen MR) is 127 cm³/mol. The van der Waals surface area contributed by atoms with Gasteiger partial charge in [0.1, 0.15) is 0 Å². The van der Waals surface area contributed by atoms with Gasteiger partial charge >= 0.3 is 0 Å². The van der Waals surface area contributed by atoms with Crippen LogP contribution in [-0.2, 0) is 0 Å². The number of carbonyl (C=O) groups is 3. The molecule has 0 unspecified atom stereocenters. The Morgan fingerprint density at radius 3 is 2.09 bits per heavy atom. The van der Waals surface area contributed by atoms with Gasteiger partial charge in [-0.1, -0.05) is 29.8 Å². The molecule has 0 bridgehead atoms. The number of amides is 3. The highest BCUT2D eigenvalue weighted by Gasteiger charge is 2.16. The van der Waals surface area contributed by atoms with Gasteiger partial charge in [0.25, 0.3) is 17.7 Å². The maximum absolute atomic E-state index is 12.9. The van der Waals surface area contributed by atoms with Crippen molar-refractivity contribution in [3.05, 3.63) is 95.1 Å². The number of carbonyl (C=O) groups excluding carboxylic acids is 3. The van der Waals surface area contributed by atoms with E-state index < -0.39 is 0 Å². The molecular weight excluding hydrogens is 402 g/mol. The third-order valence-electron chi connectivity index (χ3n) is 5.14. The molecule has 0 radical (unpaired) electrons. The van der Waals surface area contributed by atoms with Crippen molar-refractivity contribution >= 4 is 29.1 Å². The van der Waals surface area contributed by atoms with Crippen LogP contribution in [0.15, 0.2) is 72.8 Å². The van der Waals surface area contributed by atoms with Crippen LogP contribution >= 0.6 is 0 Å². The Morgan fingerprint density at radius 1 is 0.750 bits per heavy atom. The third-order valence-corrected chi connectivity index (χ3v) is 5.14. The van der Waals surface area contributed by atoms with Gasteiger partial charge in [-0.05, 0) is 69.3 Å². The highest BCUT2D eigenvalue weighted by molar-refractivity contribution is 6.12. The molecule has 164 valence electrons. The second kappa shape index (κ2) is 10.4. The quantitative estimate of drug-likeness (QED) is 0.556. The summed E-state index contributed by atoms with van der Waals surface area (Å²) in [6.45, 7) is 7.06. The minimum absolute atomic E-state index is 0.0444. The Hall–Kier alpha value is -3.93. The van der Waals surface area contributed by atoms with Crippen molar-refractivity contribution in [1.82, 2.24) is 4.90 Å². The highest BCUT2D eigenvalue weighted by atomic mass is 16.2. The summed E-state index contributed by atoms with van der Waals surface area (Å²) in [5, 5.41) is 5.65. The average molecular weight is 430 g/mol. The molecule has 0 aliphatic heterocycles. The molecule has 3 rings (SSSR count). The van der Waals surface area contributed by atoms with Crippen molar-refractivity contribution in [2.75, 3.05) is 23.7 Å². The van der Waals surface area contributed by atoms with E-state index in [0.717, 1.165) is 5.56 Å². The molecule has 0 saturated heterocycles. The molecule has 3 aromatic rings. The van der Waals surface area contributed by atoms with Crippen LogP contribution in [0.5, 0.6) is 0 Å². The van der Waals surface area contributed by atoms with Crippen LogP contribution in [0.25, 0.3) is 0 Å². The molecule has 0 saturated carbocycles. The summed E-state index contributed by atoms with van der Waals surface area (Å²) >= 11 is 0. The number of anilines is 2. The van der Waals surface area contributed by atoms with Crippen molar-refractivity contribution in [1.29, 1.82) is 0 Å². The summed E-state index contributed by atoms with van der Waals surface area (Å²) < 4.78 is 0. The zero-order valence-electron chi connectivity index (χ0n) is 18.5. The lowest BCUT2D eigenvalue weighted by molar-refractivity contribution is 0.0772. The van der Waals surface area contributed by atoms with Crippen molar-refractivity contribution in [3.8, 4) is 0 Å². The van der Waals surface area contributed by atoms with Gasteiger partial charge in [-0.25, -0.2) is 0 Å². The van der Waals surface area contributed by atoms with Gasteiger partial charge in [0, 0.05) is 29.9 Å². The van der Waals surface area contributed by atoms with Gasteiger partial charge in [0.2, 0.25) is 0 Å². The van der Waals surface area contributed by atoms with Crippen LogP contribution in [-0.4, -0.2) is 35.7 Å². The molecule has 3 aromatic carbocycles. The van der Waals surface area contributed by atoms with Crippen LogP contribution in [0.3, 0.4) is 0 Å². The van der Waals surface area contributed by atoms with Crippen molar-refractivity contribution in [3.63, 3.8) is 0 Å². The molecule has 0 aliphatic carbocycles. The fourth-order valence-corrected chi connectivity index (χ4v) is 3.36. The predicted octanol–water partition coefficient (Wildman–Crippen LogP) is 4.98. The van der Waals surface area contributed by atoms with Crippen LogP contribution in [0.4, 0.5) is 11.4 Å². The Bertz CT molecular complexity index is 1120. The molecule has 0 heterocycles. The Morgan fingerprint density at radius 2 is 1.44 bits per heavy atom. The third kappa shape index (κ3) is 5.40. The minimum atomic E-state index is -0.354. The number of para-hydroxylation sites is 1. The van der Waals surface area contributed by atoms with Crippen molar-refractivity contribution in [2.45, 2.75) is 20.8 Å². The molecule has 6 nitrogen and oxygen atoms in total. The fraction of sp³-hybridized carbons (Fsp3) is 0.192. The SMILES string of the molecule is CCN(CC)C(=O)c1ccc(NC(=O)c2ccccc2NC(=O)c2cccc(C)c2)cc1. The number of nitrogens with one attached hydrogen (secondary N) is 2. The number of benzene rings is 3. The summed E-state index contributed by atoms with van der Waals surface area (Å²) in [5.41, 5.74) is 3.39. The molecule has 0 atom stereocenters. The first kappa shape index (κ1) is 22.7. The van der Waals surface area contributed by atoms with E-state index in [0.29, 0.717) is 41.2 Å². The Labute approximate surface area is 188 Å². The number of aryl methyl sites for hydroxylation is 1. The topological polar surface area (TPSA) is 78.5 Å². The second-order valence-corrected chi connectivity index (χ2v) is 7.38. The molecule has 0 aromatic heterocycles. The van der Waals surface area contributed by atoms with Gasteiger partial charge in [-0.15, -0.1) is 0 Å². The molecule has 2 N–H and O–H groups in total. The standard InChI is InChI=1S/C26H27N3O3/c1-4-29(5-2)26(32)19-13-15-21(16-14-19)27-25(31)22-11-6-7-12-23(22)28-24(30)20-10-8-9-18(3)17-20/h6-17H,4-5H2,1-3H3,(H,27,31)(H,28,30). The van der Waals surface area contributed by atoms with E-state index in [9.17, 15) is 14.4 Å². The normalized spacial score (nSPS) is 10.3. The van der Waals surface area contributed by atoms with Crippen LogP contribution in [0.2, 0.25) is 0 Å². The number of nitrogens with zero attached hydrogens (tertiary/aromatic N) is 1. The molecule has 0 fully saturated rings. The fourth-order valence-electron chi connectivity index (χ4n) is 3.36. The molecular formula is C26H27N3O3. The number of hydrogen-bond acceptors (Lipinski definition) is 3. The molecule has 0 spiro atoms. The summed E-state index contributed by atoms with van der Waals surface area (Å²) in [6, 6.07) is 20.9. The van der Waals surface area contributed by atoms with E-state index in [1.54, 1.807) is 65.6 Å². The number of hydrogen-bond donors (Lipinski definition) is 2. The summed E-state index contributed by atoms with van der Waals surface area (Å²) in [4.78, 5) is 39.7. The number of rotatable bonds is 7. The molecule has 32 heavy (non-hydrogen) atoms. The average Bonchev–Trinajstić information content (AvgIpc) is 2.80. The van der Waals surface area contributed by atoms with Crippen LogP contribution in [0.1, 0.15) is 50.5 Å². The molecule has 6 heteroatoms. The minimum Gasteiger partial charge on any atom is -0.339 e. The molecule has 0 aliphatic rings. The van der Waals surface area contributed by atoms with E-state index in [1.807, 2.05) is 32.9 Å². The van der Waals surface area contributed by atoms with E-state index in [2.05, 4.69) is 10.6 Å². The van der Waals surface area contributed by atoms with Crippen molar-refractivity contribution in [2.24, 2.45) is 0 Å². The lowest BCUT2D eigenvalue weighted by Crippen LogP contribution is -2.30. The van der Waals surface area contributed by atoms with Gasteiger partial charge in [0.15, 0.2) is 0 Å². The monoisotopic (exact) mass is 429 g/mol. The molecule has 3 amide bonds. The summed E-state index contributed by atoms with van der Waals surface area (Å²) in [5.74, 6) is -0.682. The van der Waals surface area contributed by atoms with Crippen LogP contribution in [0, 0.1) is 6.92 Å². The lowest BCUT2D eigenvalue weighted by Gasteiger charge is -2.18. The largest absolute Gasteiger partial charge is 0.339 e. The van der Waals surface area contributed by atoms with Gasteiger partial charge in [-0.3, -0.25) is 14.4 Å². The zero-order valence-corrected chi connectivity index (χ0v) is 18.5. The van der Waals surface area contributed by atoms with Crippen molar-refractivity contribution < 1.29 is 14.4 Å². The maximum atomic E-state index is 12.9. The van der Waals surface area contributed by atoms with E-state index in [-0.39, 0.29) is 17.7 Å². The zero-order chi connectivity index (χ0) is 23.1. The smallest absolute Gasteiger partial charge is 0.257 e. The van der Waals surface area contributed by atoms with E-state index in [4.69, 9.17) is 0 Å². The first-order chi connectivity index (χ1) is 15.4. The summed E-state index contributed by atoms with van der Waals surface area (Å²) in [7, 11) is 0. The summed E-state index contributed by atoms with van der Waals surface area (Å²) in [6.07, 6.45) is 0.